The first-order chi connectivity index (χ1) is 22.3. The molecule has 3 rings (SSSR count). The number of carboxylic acid groups (broad SMARTS) is 1. The average molecular weight is 632 g/mol. The molecule has 1 N–H and O–H groups in total. The largest absolute Gasteiger partial charge is 0.494 e. The van der Waals surface area contributed by atoms with Gasteiger partial charge in [0.1, 0.15) is 11.5 Å². The quantitative estimate of drug-likeness (QED) is 0.0290. The van der Waals surface area contributed by atoms with Gasteiger partial charge in [-0.15, -0.1) is 0 Å². The molecule has 9 heteroatoms. The Morgan fingerprint density at radius 1 is 0.739 bits per heavy atom. The zero-order valence-electron chi connectivity index (χ0n) is 26.7. The second kappa shape index (κ2) is 19.7. The third kappa shape index (κ3) is 12.4. The maximum Gasteiger partial charge on any atom is 0.343 e. The lowest BCUT2D eigenvalue weighted by Crippen LogP contribution is -2.10. The fourth-order valence-corrected chi connectivity index (χ4v) is 4.86. The predicted octanol–water partition coefficient (Wildman–Crippen LogP) is 9.58. The van der Waals surface area contributed by atoms with Gasteiger partial charge in [0.2, 0.25) is 5.75 Å². The Kier molecular flexibility index (Phi) is 15.3. The van der Waals surface area contributed by atoms with Crippen molar-refractivity contribution < 1.29 is 33.8 Å². The van der Waals surface area contributed by atoms with Gasteiger partial charge >= 0.3 is 17.6 Å². The highest BCUT2D eigenvalue weighted by Crippen LogP contribution is 2.33. The molecular weight excluding hydrogens is 586 g/mol. The number of unbranched alkanes of at least 4 members (excludes halogenated alkanes) is 9. The summed E-state index contributed by atoms with van der Waals surface area (Å²) in [4.78, 5) is 34.8. The van der Waals surface area contributed by atoms with E-state index < -0.39 is 16.9 Å². The number of aliphatic carboxylic acids is 1. The number of carbonyl (C=O) groups excluding carboxylic acids is 1. The van der Waals surface area contributed by atoms with Gasteiger partial charge in [-0.05, 0) is 79.3 Å². The molecule has 0 atom stereocenters. The molecule has 0 radical (unpaired) electrons. The number of nitro benzene ring substituents is 1. The molecule has 0 aliphatic carbocycles. The Balaban J connectivity index is 1.43. The average Bonchev–Trinajstić information content (AvgIpc) is 3.06. The van der Waals surface area contributed by atoms with Crippen molar-refractivity contribution in [3.05, 3.63) is 94.6 Å². The van der Waals surface area contributed by atoms with Gasteiger partial charge in [0.25, 0.3) is 0 Å². The van der Waals surface area contributed by atoms with E-state index in [1.807, 2.05) is 24.3 Å². The second-order valence-electron chi connectivity index (χ2n) is 11.3. The summed E-state index contributed by atoms with van der Waals surface area (Å²) in [5.74, 6) is -0.372. The maximum atomic E-state index is 12.8. The van der Waals surface area contributed by atoms with Crippen molar-refractivity contribution in [2.45, 2.75) is 84.0 Å². The van der Waals surface area contributed by atoms with Crippen LogP contribution in [0.25, 0.3) is 11.1 Å². The summed E-state index contributed by atoms with van der Waals surface area (Å²) in [6.45, 7) is 6.92. The van der Waals surface area contributed by atoms with Crippen molar-refractivity contribution in [3.8, 4) is 28.4 Å². The van der Waals surface area contributed by atoms with E-state index in [0.29, 0.717) is 30.9 Å². The Hall–Kier alpha value is -4.66. The molecular formula is C37H45NO8. The molecule has 0 aromatic heterocycles. The predicted molar refractivity (Wildman–Crippen MR) is 179 cm³/mol. The molecule has 0 fully saturated rings. The van der Waals surface area contributed by atoms with Crippen LogP contribution in [0.2, 0.25) is 0 Å². The summed E-state index contributed by atoms with van der Waals surface area (Å²) in [6.07, 6.45) is 12.1. The van der Waals surface area contributed by atoms with Crippen LogP contribution < -0.4 is 14.2 Å². The first-order valence-electron chi connectivity index (χ1n) is 16.2. The van der Waals surface area contributed by atoms with E-state index in [4.69, 9.17) is 19.3 Å². The number of carboxylic acids is 1. The zero-order chi connectivity index (χ0) is 33.1. The number of carbonyl (C=O) groups is 2. The molecule has 9 nitrogen and oxygen atoms in total. The minimum atomic E-state index is -0.917. The highest BCUT2D eigenvalue weighted by molar-refractivity contribution is 5.92. The number of nitro groups is 1. The Bertz CT molecular complexity index is 1420. The van der Waals surface area contributed by atoms with Crippen LogP contribution in [0.1, 0.15) is 94.3 Å². The van der Waals surface area contributed by atoms with Crippen LogP contribution in [0.3, 0.4) is 0 Å². The Morgan fingerprint density at radius 2 is 1.26 bits per heavy atom. The normalized spacial score (nSPS) is 10.7. The number of rotatable bonds is 22. The van der Waals surface area contributed by atoms with Gasteiger partial charge in [-0.2, -0.15) is 0 Å². The third-order valence-electron chi connectivity index (χ3n) is 7.60. The highest BCUT2D eigenvalue weighted by atomic mass is 16.6. The first-order valence-corrected chi connectivity index (χ1v) is 16.2. The van der Waals surface area contributed by atoms with Crippen molar-refractivity contribution in [1.82, 2.24) is 0 Å². The van der Waals surface area contributed by atoms with E-state index in [0.717, 1.165) is 69.1 Å². The lowest BCUT2D eigenvalue weighted by atomic mass is 10.0. The number of hydrogen-bond acceptors (Lipinski definition) is 7. The number of hydrogen-bond donors (Lipinski definition) is 1. The van der Waals surface area contributed by atoms with Crippen molar-refractivity contribution in [2.75, 3.05) is 13.2 Å². The Morgan fingerprint density at radius 3 is 1.83 bits per heavy atom. The summed E-state index contributed by atoms with van der Waals surface area (Å²) >= 11 is 0. The molecule has 3 aromatic rings. The van der Waals surface area contributed by atoms with Gasteiger partial charge in [-0.3, -0.25) is 10.1 Å². The summed E-state index contributed by atoms with van der Waals surface area (Å²) in [5, 5.41) is 20.7. The number of ether oxygens (including phenoxy) is 3. The molecule has 0 aliphatic rings. The molecule has 0 saturated heterocycles. The van der Waals surface area contributed by atoms with Gasteiger partial charge in [0, 0.05) is 11.6 Å². The van der Waals surface area contributed by atoms with Gasteiger partial charge in [-0.25, -0.2) is 9.59 Å². The van der Waals surface area contributed by atoms with Crippen molar-refractivity contribution >= 4 is 17.6 Å². The van der Waals surface area contributed by atoms with Crippen LogP contribution in [0.4, 0.5) is 5.69 Å². The van der Waals surface area contributed by atoms with Crippen LogP contribution in [0.15, 0.2) is 78.9 Å². The number of benzene rings is 3. The minimum absolute atomic E-state index is 0.128. The van der Waals surface area contributed by atoms with Crippen LogP contribution >= 0.6 is 0 Å². The molecule has 0 saturated carbocycles. The van der Waals surface area contributed by atoms with Crippen LogP contribution in [0.5, 0.6) is 17.2 Å². The summed E-state index contributed by atoms with van der Waals surface area (Å²) < 4.78 is 17.0. The fourth-order valence-electron chi connectivity index (χ4n) is 4.86. The third-order valence-corrected chi connectivity index (χ3v) is 7.60. The molecule has 0 heterocycles. The topological polar surface area (TPSA) is 125 Å². The van der Waals surface area contributed by atoms with Gasteiger partial charge in [-0.1, -0.05) is 83.1 Å². The summed E-state index contributed by atoms with van der Waals surface area (Å²) in [5.41, 5.74) is 1.64. The molecule has 46 heavy (non-hydrogen) atoms. The first kappa shape index (κ1) is 35.8. The number of nitrogens with zero attached hydrogens (tertiary/aromatic N) is 1. The fraction of sp³-hybridized carbons (Fsp3) is 0.405. The molecule has 0 amide bonds. The zero-order valence-corrected chi connectivity index (χ0v) is 26.7. The van der Waals surface area contributed by atoms with E-state index in [2.05, 4.69) is 13.5 Å². The van der Waals surface area contributed by atoms with Gasteiger partial charge < -0.3 is 19.3 Å². The van der Waals surface area contributed by atoms with E-state index in [-0.39, 0.29) is 22.6 Å². The molecule has 246 valence electrons. The van der Waals surface area contributed by atoms with E-state index in [1.165, 1.54) is 25.0 Å². The minimum Gasteiger partial charge on any atom is -0.494 e. The Labute approximate surface area is 271 Å². The second-order valence-corrected chi connectivity index (χ2v) is 11.3. The van der Waals surface area contributed by atoms with Crippen LogP contribution in [-0.4, -0.2) is 35.2 Å². The lowest BCUT2D eigenvalue weighted by molar-refractivity contribution is -0.385. The van der Waals surface area contributed by atoms with Gasteiger partial charge in [0.05, 0.1) is 23.7 Å². The molecule has 0 spiro atoms. The highest BCUT2D eigenvalue weighted by Gasteiger charge is 2.20. The summed E-state index contributed by atoms with van der Waals surface area (Å²) in [7, 11) is 0. The van der Waals surface area contributed by atoms with Gasteiger partial charge in [0.15, 0.2) is 0 Å². The van der Waals surface area contributed by atoms with E-state index in [9.17, 15) is 19.7 Å². The molecule has 0 unspecified atom stereocenters. The van der Waals surface area contributed by atoms with Crippen molar-refractivity contribution in [3.63, 3.8) is 0 Å². The van der Waals surface area contributed by atoms with E-state index in [1.54, 1.807) is 30.3 Å². The lowest BCUT2D eigenvalue weighted by Gasteiger charge is -2.10. The molecule has 0 bridgehead atoms. The SMILES string of the molecule is C=C(CCCCCCCCCOc1ccc(C(=O)Oc2ccc(-c3ccc(OCCCCCC)cc3)cc2[N+](=O)[O-])cc1)C(=O)O. The maximum absolute atomic E-state index is 12.8. The van der Waals surface area contributed by atoms with Crippen LogP contribution in [0, 0.1) is 10.1 Å². The van der Waals surface area contributed by atoms with E-state index >= 15 is 0 Å². The van der Waals surface area contributed by atoms with Crippen molar-refractivity contribution in [1.29, 1.82) is 0 Å². The molecule has 3 aromatic carbocycles. The van der Waals surface area contributed by atoms with Crippen LogP contribution in [-0.2, 0) is 4.79 Å². The standard InChI is InChI=1S/C37H45NO8/c1-3-4-5-12-25-44-32-20-15-29(16-21-32)31-19-24-35(34(27-31)38(42)43)46-37(41)30-17-22-33(23-18-30)45-26-13-10-8-6-7-9-11-14-28(2)36(39)40/h15-24,27H,2-14,25-26H2,1H3,(H,39,40). The number of esters is 1. The molecule has 0 aliphatic heterocycles. The monoisotopic (exact) mass is 631 g/mol. The smallest absolute Gasteiger partial charge is 0.343 e. The van der Waals surface area contributed by atoms with Crippen molar-refractivity contribution in [2.24, 2.45) is 0 Å². The summed E-state index contributed by atoms with van der Waals surface area (Å²) in [6, 6.07) is 18.4.